The molecule has 1 N–H and O–H groups in total. The van der Waals surface area contributed by atoms with Crippen LogP contribution >= 0.6 is 0 Å². The number of methoxy groups -OCH3 is 1. The maximum absolute atomic E-state index is 5.64. The molecule has 0 amide bonds. The van der Waals surface area contributed by atoms with Crippen LogP contribution in [0.3, 0.4) is 0 Å². The Balaban J connectivity index is 1.69. The lowest BCUT2D eigenvalue weighted by Gasteiger charge is -2.43. The van der Waals surface area contributed by atoms with Gasteiger partial charge in [-0.3, -0.25) is 0 Å². The molecule has 4 unspecified atom stereocenters. The van der Waals surface area contributed by atoms with Crippen LogP contribution in [0.25, 0.3) is 0 Å². The summed E-state index contributed by atoms with van der Waals surface area (Å²) in [6, 6.07) is 11.1. The van der Waals surface area contributed by atoms with E-state index < -0.39 is 0 Å². The standard InChI is InChI=1S/C17H27NO2/c1-4-20-16-12-15(17(16)19-3)18-11-10-13(2)14-8-6-5-7-9-14/h5-9,13,15-18H,4,10-12H2,1-3H3. The van der Waals surface area contributed by atoms with Gasteiger partial charge < -0.3 is 14.8 Å². The molecule has 1 aliphatic rings. The molecule has 1 aromatic carbocycles. The second-order valence-electron chi connectivity index (χ2n) is 5.59. The number of ether oxygens (including phenoxy) is 2. The summed E-state index contributed by atoms with van der Waals surface area (Å²) in [5.74, 6) is 0.590. The molecule has 0 spiro atoms. The number of benzene rings is 1. The van der Waals surface area contributed by atoms with E-state index in [4.69, 9.17) is 9.47 Å². The Morgan fingerprint density at radius 3 is 2.70 bits per heavy atom. The molecule has 1 aromatic rings. The van der Waals surface area contributed by atoms with Crippen LogP contribution in [0.2, 0.25) is 0 Å². The molecule has 112 valence electrons. The Labute approximate surface area is 122 Å². The van der Waals surface area contributed by atoms with E-state index in [0.717, 1.165) is 26.0 Å². The van der Waals surface area contributed by atoms with E-state index in [1.165, 1.54) is 5.56 Å². The molecule has 3 nitrogen and oxygen atoms in total. The first-order valence-corrected chi connectivity index (χ1v) is 7.69. The first kappa shape index (κ1) is 15.5. The largest absolute Gasteiger partial charge is 0.377 e. The van der Waals surface area contributed by atoms with E-state index in [9.17, 15) is 0 Å². The van der Waals surface area contributed by atoms with E-state index in [-0.39, 0.29) is 12.2 Å². The van der Waals surface area contributed by atoms with E-state index in [2.05, 4.69) is 42.6 Å². The quantitative estimate of drug-likeness (QED) is 0.792. The monoisotopic (exact) mass is 277 g/mol. The molecular formula is C17H27NO2. The maximum atomic E-state index is 5.64. The summed E-state index contributed by atoms with van der Waals surface area (Å²) in [6.45, 7) is 6.12. The van der Waals surface area contributed by atoms with Crippen LogP contribution in [0.5, 0.6) is 0 Å². The second-order valence-corrected chi connectivity index (χ2v) is 5.59. The van der Waals surface area contributed by atoms with Crippen LogP contribution in [-0.4, -0.2) is 38.5 Å². The SMILES string of the molecule is CCOC1CC(NCCC(C)c2ccccc2)C1OC. The van der Waals surface area contributed by atoms with Crippen molar-refractivity contribution in [3.05, 3.63) is 35.9 Å². The summed E-state index contributed by atoms with van der Waals surface area (Å²) in [6.07, 6.45) is 2.69. The summed E-state index contributed by atoms with van der Waals surface area (Å²) < 4.78 is 11.2. The van der Waals surface area contributed by atoms with Crippen molar-refractivity contribution in [2.75, 3.05) is 20.3 Å². The van der Waals surface area contributed by atoms with E-state index >= 15 is 0 Å². The minimum Gasteiger partial charge on any atom is -0.377 e. The Hall–Kier alpha value is -0.900. The average Bonchev–Trinajstić information content (AvgIpc) is 2.46. The molecule has 4 atom stereocenters. The van der Waals surface area contributed by atoms with E-state index in [0.29, 0.717) is 12.0 Å². The molecule has 2 rings (SSSR count). The number of hydrogen-bond acceptors (Lipinski definition) is 3. The Bertz CT molecular complexity index is 382. The zero-order chi connectivity index (χ0) is 14.4. The van der Waals surface area contributed by atoms with Crippen molar-refractivity contribution < 1.29 is 9.47 Å². The highest BCUT2D eigenvalue weighted by Crippen LogP contribution is 2.27. The van der Waals surface area contributed by atoms with Gasteiger partial charge in [0.2, 0.25) is 0 Å². The van der Waals surface area contributed by atoms with Crippen molar-refractivity contribution in [1.29, 1.82) is 0 Å². The highest BCUT2D eigenvalue weighted by Gasteiger charge is 2.41. The lowest BCUT2D eigenvalue weighted by atomic mass is 9.85. The van der Waals surface area contributed by atoms with Gasteiger partial charge in [0.25, 0.3) is 0 Å². The second kappa shape index (κ2) is 7.77. The molecule has 1 fully saturated rings. The van der Waals surface area contributed by atoms with Crippen molar-refractivity contribution in [2.45, 2.75) is 50.9 Å². The molecule has 0 aromatic heterocycles. The van der Waals surface area contributed by atoms with E-state index in [1.54, 1.807) is 7.11 Å². The van der Waals surface area contributed by atoms with Crippen molar-refractivity contribution in [3.8, 4) is 0 Å². The average molecular weight is 277 g/mol. The molecule has 0 heterocycles. The fourth-order valence-electron chi connectivity index (χ4n) is 2.91. The van der Waals surface area contributed by atoms with Gasteiger partial charge in [-0.05, 0) is 37.8 Å². The van der Waals surface area contributed by atoms with Gasteiger partial charge in [0, 0.05) is 19.8 Å². The van der Waals surface area contributed by atoms with Gasteiger partial charge in [0.05, 0.1) is 12.2 Å². The third kappa shape index (κ3) is 3.81. The van der Waals surface area contributed by atoms with Gasteiger partial charge in [-0.1, -0.05) is 37.3 Å². The molecule has 0 bridgehead atoms. The summed E-state index contributed by atoms with van der Waals surface area (Å²) in [5, 5.41) is 3.60. The number of rotatable bonds is 8. The normalized spacial score (nSPS) is 27.1. The molecule has 0 aliphatic heterocycles. The highest BCUT2D eigenvalue weighted by molar-refractivity contribution is 5.18. The summed E-state index contributed by atoms with van der Waals surface area (Å²) in [4.78, 5) is 0. The molecule has 1 saturated carbocycles. The van der Waals surface area contributed by atoms with Crippen LogP contribution in [-0.2, 0) is 9.47 Å². The van der Waals surface area contributed by atoms with Crippen molar-refractivity contribution in [1.82, 2.24) is 5.32 Å². The smallest absolute Gasteiger partial charge is 0.0986 e. The van der Waals surface area contributed by atoms with Crippen molar-refractivity contribution in [3.63, 3.8) is 0 Å². The van der Waals surface area contributed by atoms with Gasteiger partial charge in [-0.25, -0.2) is 0 Å². The minimum atomic E-state index is 0.210. The molecular weight excluding hydrogens is 250 g/mol. The summed E-state index contributed by atoms with van der Waals surface area (Å²) in [5.41, 5.74) is 1.42. The zero-order valence-corrected chi connectivity index (χ0v) is 12.8. The fraction of sp³-hybridized carbons (Fsp3) is 0.647. The topological polar surface area (TPSA) is 30.5 Å². The van der Waals surface area contributed by atoms with Gasteiger partial charge in [0.15, 0.2) is 0 Å². The molecule has 1 aliphatic carbocycles. The van der Waals surface area contributed by atoms with Crippen LogP contribution in [0.15, 0.2) is 30.3 Å². The predicted molar refractivity (Wildman–Crippen MR) is 82.1 cm³/mol. The highest BCUT2D eigenvalue weighted by atomic mass is 16.5. The lowest BCUT2D eigenvalue weighted by Crippen LogP contribution is -2.59. The Morgan fingerprint density at radius 1 is 1.30 bits per heavy atom. The van der Waals surface area contributed by atoms with Crippen LogP contribution in [0, 0.1) is 0 Å². The fourth-order valence-corrected chi connectivity index (χ4v) is 2.91. The number of nitrogens with one attached hydrogen (secondary N) is 1. The summed E-state index contributed by atoms with van der Waals surface area (Å²) >= 11 is 0. The lowest BCUT2D eigenvalue weighted by molar-refractivity contribution is -0.131. The van der Waals surface area contributed by atoms with Gasteiger partial charge in [-0.2, -0.15) is 0 Å². The third-order valence-corrected chi connectivity index (χ3v) is 4.25. The molecule has 0 saturated heterocycles. The van der Waals surface area contributed by atoms with Gasteiger partial charge in [-0.15, -0.1) is 0 Å². The first-order chi connectivity index (χ1) is 9.76. The van der Waals surface area contributed by atoms with Crippen molar-refractivity contribution >= 4 is 0 Å². The third-order valence-electron chi connectivity index (χ3n) is 4.25. The van der Waals surface area contributed by atoms with Gasteiger partial charge >= 0.3 is 0 Å². The number of hydrogen-bond donors (Lipinski definition) is 1. The molecule has 3 heteroatoms. The first-order valence-electron chi connectivity index (χ1n) is 7.69. The van der Waals surface area contributed by atoms with E-state index in [1.807, 2.05) is 6.92 Å². The Kier molecular flexibility index (Phi) is 6.02. The van der Waals surface area contributed by atoms with Crippen molar-refractivity contribution in [2.24, 2.45) is 0 Å². The maximum Gasteiger partial charge on any atom is 0.0986 e. The zero-order valence-electron chi connectivity index (χ0n) is 12.8. The van der Waals surface area contributed by atoms with Crippen LogP contribution < -0.4 is 5.32 Å². The predicted octanol–water partition coefficient (Wildman–Crippen LogP) is 2.96. The van der Waals surface area contributed by atoms with Gasteiger partial charge in [0.1, 0.15) is 0 Å². The minimum absolute atomic E-state index is 0.210. The summed E-state index contributed by atoms with van der Waals surface area (Å²) in [7, 11) is 1.77. The molecule has 20 heavy (non-hydrogen) atoms. The van der Waals surface area contributed by atoms with Crippen LogP contribution in [0.1, 0.15) is 38.2 Å². The Morgan fingerprint density at radius 2 is 2.05 bits per heavy atom. The molecule has 0 radical (unpaired) electrons. The van der Waals surface area contributed by atoms with Crippen LogP contribution in [0.4, 0.5) is 0 Å².